The summed E-state index contributed by atoms with van der Waals surface area (Å²) in [4.78, 5) is 26.9. The molecule has 0 saturated carbocycles. The Morgan fingerprint density at radius 1 is 1.03 bits per heavy atom. The summed E-state index contributed by atoms with van der Waals surface area (Å²) < 4.78 is 16.0. The Kier molecular flexibility index (Phi) is 7.83. The van der Waals surface area contributed by atoms with Gasteiger partial charge in [0.1, 0.15) is 11.5 Å². The maximum Gasteiger partial charge on any atom is 0.291 e. The number of carbonyl (C=O) groups is 2. The number of hydrogen-bond acceptors (Lipinski definition) is 6. The molecular weight excluding hydrogens is 434 g/mol. The van der Waals surface area contributed by atoms with Crippen LogP contribution in [0.15, 0.2) is 71.3 Å². The van der Waals surface area contributed by atoms with Crippen molar-refractivity contribution in [3.63, 3.8) is 0 Å². The normalized spacial score (nSPS) is 14.4. The zero-order chi connectivity index (χ0) is 23.8. The number of piperidine rings is 1. The van der Waals surface area contributed by atoms with Crippen LogP contribution in [0.3, 0.4) is 0 Å². The Morgan fingerprint density at radius 3 is 2.59 bits per heavy atom. The highest BCUT2D eigenvalue weighted by atomic mass is 16.5. The van der Waals surface area contributed by atoms with E-state index in [1.807, 2.05) is 12.1 Å². The number of nitrogens with zero attached hydrogens (tertiary/aromatic N) is 1. The molecule has 0 radical (unpaired) electrons. The third kappa shape index (κ3) is 6.62. The van der Waals surface area contributed by atoms with Crippen LogP contribution in [0.1, 0.15) is 29.0 Å². The van der Waals surface area contributed by atoms with Crippen molar-refractivity contribution in [3.05, 3.63) is 78.3 Å². The summed E-state index contributed by atoms with van der Waals surface area (Å²) in [6.07, 6.45) is 3.23. The quantitative estimate of drug-likeness (QED) is 0.503. The second kappa shape index (κ2) is 11.4. The van der Waals surface area contributed by atoms with Crippen molar-refractivity contribution in [3.8, 4) is 11.5 Å². The molecule has 2 N–H and O–H groups in total. The molecule has 0 atom stereocenters. The number of likely N-dealkylation sites (tertiary alicyclic amines) is 1. The smallest absolute Gasteiger partial charge is 0.291 e. The maximum absolute atomic E-state index is 12.4. The lowest BCUT2D eigenvalue weighted by Gasteiger charge is -2.32. The SMILES string of the molecule is COc1cccc(CN2CCC(NC(=O)COc3cccc(NC(=O)c4ccco4)c3)CC2)c1. The van der Waals surface area contributed by atoms with Gasteiger partial charge >= 0.3 is 0 Å². The van der Waals surface area contributed by atoms with Gasteiger partial charge in [-0.25, -0.2) is 0 Å². The number of amides is 2. The largest absolute Gasteiger partial charge is 0.497 e. The molecule has 1 fully saturated rings. The Labute approximate surface area is 198 Å². The second-order valence-electron chi connectivity index (χ2n) is 8.22. The van der Waals surface area contributed by atoms with Crippen LogP contribution >= 0.6 is 0 Å². The van der Waals surface area contributed by atoms with E-state index in [9.17, 15) is 9.59 Å². The number of nitrogens with one attached hydrogen (secondary N) is 2. The van der Waals surface area contributed by atoms with E-state index in [1.54, 1.807) is 43.5 Å². The average molecular weight is 464 g/mol. The first kappa shape index (κ1) is 23.4. The van der Waals surface area contributed by atoms with Gasteiger partial charge in [-0.3, -0.25) is 14.5 Å². The zero-order valence-corrected chi connectivity index (χ0v) is 19.2. The lowest BCUT2D eigenvalue weighted by Crippen LogP contribution is -2.45. The van der Waals surface area contributed by atoms with Crippen molar-refractivity contribution in [1.29, 1.82) is 0 Å². The minimum absolute atomic E-state index is 0.0837. The van der Waals surface area contributed by atoms with Crippen LogP contribution in [0.2, 0.25) is 0 Å². The van der Waals surface area contributed by atoms with E-state index in [2.05, 4.69) is 27.7 Å². The van der Waals surface area contributed by atoms with Crippen molar-refractivity contribution in [2.45, 2.75) is 25.4 Å². The summed E-state index contributed by atoms with van der Waals surface area (Å²) in [6.45, 7) is 2.62. The fourth-order valence-electron chi connectivity index (χ4n) is 3.95. The van der Waals surface area contributed by atoms with E-state index in [0.29, 0.717) is 11.4 Å². The van der Waals surface area contributed by atoms with Crippen LogP contribution < -0.4 is 20.1 Å². The number of furan rings is 1. The molecule has 2 amide bonds. The lowest BCUT2D eigenvalue weighted by molar-refractivity contribution is -0.124. The van der Waals surface area contributed by atoms with Crippen LogP contribution in [0.5, 0.6) is 11.5 Å². The topological polar surface area (TPSA) is 93.0 Å². The predicted molar refractivity (Wildman–Crippen MR) is 128 cm³/mol. The molecule has 8 heteroatoms. The van der Waals surface area contributed by atoms with Gasteiger partial charge < -0.3 is 24.5 Å². The summed E-state index contributed by atoms with van der Waals surface area (Å²) >= 11 is 0. The molecule has 1 aromatic heterocycles. The van der Waals surface area contributed by atoms with Crippen molar-refractivity contribution in [1.82, 2.24) is 10.2 Å². The number of hydrogen-bond donors (Lipinski definition) is 2. The van der Waals surface area contributed by atoms with E-state index in [-0.39, 0.29) is 30.2 Å². The van der Waals surface area contributed by atoms with Gasteiger partial charge in [-0.2, -0.15) is 0 Å². The van der Waals surface area contributed by atoms with Gasteiger partial charge in [0.25, 0.3) is 11.8 Å². The first-order chi connectivity index (χ1) is 16.6. The lowest BCUT2D eigenvalue weighted by atomic mass is 10.0. The van der Waals surface area contributed by atoms with Crippen molar-refractivity contribution < 1.29 is 23.5 Å². The minimum Gasteiger partial charge on any atom is -0.497 e. The van der Waals surface area contributed by atoms with Crippen LogP contribution in [0, 0.1) is 0 Å². The minimum atomic E-state index is -0.349. The predicted octanol–water partition coefficient (Wildman–Crippen LogP) is 3.70. The molecular formula is C26H29N3O5. The van der Waals surface area contributed by atoms with Gasteiger partial charge in [-0.05, 0) is 54.8 Å². The molecule has 0 bridgehead atoms. The number of rotatable bonds is 9. The molecule has 2 aromatic carbocycles. The Morgan fingerprint density at radius 2 is 1.82 bits per heavy atom. The fourth-order valence-corrected chi connectivity index (χ4v) is 3.95. The maximum atomic E-state index is 12.4. The Bertz CT molecular complexity index is 1090. The number of methoxy groups -OCH3 is 1. The highest BCUT2D eigenvalue weighted by molar-refractivity contribution is 6.02. The summed E-state index contributed by atoms with van der Waals surface area (Å²) in [6, 6.07) is 18.4. The summed E-state index contributed by atoms with van der Waals surface area (Å²) in [5.74, 6) is 1.08. The monoisotopic (exact) mass is 463 g/mol. The van der Waals surface area contributed by atoms with Gasteiger partial charge in [-0.1, -0.05) is 18.2 Å². The summed E-state index contributed by atoms with van der Waals surface area (Å²) in [5, 5.41) is 5.81. The molecule has 178 valence electrons. The van der Waals surface area contributed by atoms with E-state index in [1.165, 1.54) is 11.8 Å². The van der Waals surface area contributed by atoms with Crippen LogP contribution in [-0.2, 0) is 11.3 Å². The van der Waals surface area contributed by atoms with Crippen LogP contribution in [0.25, 0.3) is 0 Å². The molecule has 1 saturated heterocycles. The Hall–Kier alpha value is -3.78. The van der Waals surface area contributed by atoms with Crippen molar-refractivity contribution >= 4 is 17.5 Å². The highest BCUT2D eigenvalue weighted by Gasteiger charge is 2.21. The fraction of sp³-hybridized carbons (Fsp3) is 0.308. The Balaban J connectivity index is 1.19. The molecule has 0 unspecified atom stereocenters. The molecule has 2 heterocycles. The van der Waals surface area contributed by atoms with Gasteiger partial charge in [0.05, 0.1) is 13.4 Å². The number of anilines is 1. The van der Waals surface area contributed by atoms with E-state index >= 15 is 0 Å². The standard InChI is InChI=1S/C26H29N3O5/c1-32-22-7-2-5-19(15-22)17-29-12-10-20(11-13-29)27-25(30)18-34-23-8-3-6-21(16-23)28-26(31)24-9-4-14-33-24/h2-9,14-16,20H,10-13,17-18H2,1H3,(H,27,30)(H,28,31). The van der Waals surface area contributed by atoms with Crippen LogP contribution in [0.4, 0.5) is 5.69 Å². The third-order valence-corrected chi connectivity index (χ3v) is 5.70. The molecule has 0 aliphatic carbocycles. The van der Waals surface area contributed by atoms with Crippen molar-refractivity contribution in [2.24, 2.45) is 0 Å². The van der Waals surface area contributed by atoms with Gasteiger partial charge in [-0.15, -0.1) is 0 Å². The van der Waals surface area contributed by atoms with E-state index in [0.717, 1.165) is 38.2 Å². The van der Waals surface area contributed by atoms with Gasteiger partial charge in [0, 0.05) is 37.4 Å². The van der Waals surface area contributed by atoms with Crippen LogP contribution in [-0.4, -0.2) is 49.6 Å². The first-order valence-corrected chi connectivity index (χ1v) is 11.3. The van der Waals surface area contributed by atoms with Gasteiger partial charge in [0.2, 0.25) is 0 Å². The first-order valence-electron chi connectivity index (χ1n) is 11.3. The zero-order valence-electron chi connectivity index (χ0n) is 19.2. The molecule has 1 aliphatic heterocycles. The molecule has 1 aliphatic rings. The molecule has 3 aromatic rings. The molecule has 4 rings (SSSR count). The van der Waals surface area contributed by atoms with E-state index < -0.39 is 0 Å². The summed E-state index contributed by atoms with van der Waals surface area (Å²) in [5.41, 5.74) is 1.78. The average Bonchev–Trinajstić information content (AvgIpc) is 3.40. The molecule has 0 spiro atoms. The molecule has 34 heavy (non-hydrogen) atoms. The number of carbonyl (C=O) groups excluding carboxylic acids is 2. The number of benzene rings is 2. The number of ether oxygens (including phenoxy) is 2. The summed E-state index contributed by atoms with van der Waals surface area (Å²) in [7, 11) is 1.67. The highest BCUT2D eigenvalue weighted by Crippen LogP contribution is 2.19. The third-order valence-electron chi connectivity index (χ3n) is 5.70. The van der Waals surface area contributed by atoms with Gasteiger partial charge in [0.15, 0.2) is 12.4 Å². The van der Waals surface area contributed by atoms with E-state index in [4.69, 9.17) is 13.9 Å². The van der Waals surface area contributed by atoms with Crippen molar-refractivity contribution in [2.75, 3.05) is 32.1 Å². The molecule has 8 nitrogen and oxygen atoms in total. The second-order valence-corrected chi connectivity index (χ2v) is 8.22.